The molecule has 0 saturated carbocycles. The largest absolute Gasteiger partial charge is 0.507 e. The van der Waals surface area contributed by atoms with E-state index >= 15 is 0 Å². The molecule has 1 amide bonds. The lowest BCUT2D eigenvalue weighted by atomic mass is 9.99. The monoisotopic (exact) mass is 504 g/mol. The van der Waals surface area contributed by atoms with E-state index in [0.29, 0.717) is 58.2 Å². The van der Waals surface area contributed by atoms with E-state index in [4.69, 9.17) is 18.6 Å². The number of rotatable bonds is 4. The van der Waals surface area contributed by atoms with Crippen molar-refractivity contribution in [2.75, 3.05) is 25.2 Å². The summed E-state index contributed by atoms with van der Waals surface area (Å²) in [4.78, 5) is 32.6. The van der Waals surface area contributed by atoms with E-state index in [1.165, 1.54) is 16.2 Å². The number of carbonyl (C=O) groups is 2. The zero-order chi connectivity index (χ0) is 25.0. The van der Waals surface area contributed by atoms with Gasteiger partial charge in [0, 0.05) is 5.56 Å². The van der Waals surface area contributed by atoms with Crippen LogP contribution >= 0.6 is 11.3 Å². The van der Waals surface area contributed by atoms with Crippen molar-refractivity contribution < 1.29 is 33.3 Å². The number of anilines is 1. The number of furan rings is 1. The van der Waals surface area contributed by atoms with Gasteiger partial charge in [-0.25, -0.2) is 4.98 Å². The van der Waals surface area contributed by atoms with E-state index in [0.717, 1.165) is 4.70 Å². The van der Waals surface area contributed by atoms with E-state index in [2.05, 4.69) is 4.98 Å². The number of hydrogen-bond donors (Lipinski definition) is 1. The molecule has 0 bridgehead atoms. The highest BCUT2D eigenvalue weighted by atomic mass is 32.1. The molecule has 1 atom stereocenters. The number of ketones is 1. The highest BCUT2D eigenvalue weighted by molar-refractivity contribution is 7.22. The van der Waals surface area contributed by atoms with Gasteiger partial charge in [0.2, 0.25) is 0 Å². The maximum absolute atomic E-state index is 13.4. The first kappa shape index (κ1) is 22.2. The summed E-state index contributed by atoms with van der Waals surface area (Å²) in [6.07, 6.45) is 0. The molecule has 36 heavy (non-hydrogen) atoms. The third kappa shape index (κ3) is 3.49. The Kier molecular flexibility index (Phi) is 5.18. The Labute approximate surface area is 209 Å². The van der Waals surface area contributed by atoms with Gasteiger partial charge in [0.1, 0.15) is 42.3 Å². The summed E-state index contributed by atoms with van der Waals surface area (Å²) in [5.41, 5.74) is 0.876. The molecule has 10 heteroatoms. The molecule has 1 saturated heterocycles. The number of benzene rings is 2. The number of aliphatic hydroxyl groups excluding tert-OH is 1. The fourth-order valence-corrected chi connectivity index (χ4v) is 5.39. The van der Waals surface area contributed by atoms with Crippen LogP contribution in [0.25, 0.3) is 16.0 Å². The second-order valence-electron chi connectivity index (χ2n) is 8.31. The minimum Gasteiger partial charge on any atom is -0.507 e. The van der Waals surface area contributed by atoms with E-state index in [1.807, 2.05) is 6.07 Å². The van der Waals surface area contributed by atoms with Gasteiger partial charge in [-0.3, -0.25) is 14.5 Å². The Morgan fingerprint density at radius 2 is 1.89 bits per heavy atom. The molecule has 4 aromatic rings. The summed E-state index contributed by atoms with van der Waals surface area (Å²) in [5, 5.41) is 11.6. The van der Waals surface area contributed by atoms with Crippen molar-refractivity contribution in [2.45, 2.75) is 13.0 Å². The van der Waals surface area contributed by atoms with Crippen molar-refractivity contribution in [3.05, 3.63) is 71.2 Å². The van der Waals surface area contributed by atoms with Gasteiger partial charge >= 0.3 is 5.91 Å². The van der Waals surface area contributed by atoms with Crippen molar-refractivity contribution in [1.82, 2.24) is 4.98 Å². The molecule has 0 radical (unpaired) electrons. The number of aromatic nitrogens is 1. The Morgan fingerprint density at radius 3 is 2.64 bits per heavy atom. The molecule has 2 aromatic heterocycles. The van der Waals surface area contributed by atoms with Crippen molar-refractivity contribution in [1.29, 1.82) is 0 Å². The van der Waals surface area contributed by atoms with Gasteiger partial charge in [-0.05, 0) is 55.5 Å². The number of ether oxygens (including phenoxy) is 3. The van der Waals surface area contributed by atoms with Crippen LogP contribution in [-0.2, 0) is 9.59 Å². The molecule has 2 aromatic carbocycles. The molecule has 9 nitrogen and oxygen atoms in total. The number of thiazole rings is 1. The summed E-state index contributed by atoms with van der Waals surface area (Å²) < 4.78 is 23.1. The van der Waals surface area contributed by atoms with Crippen molar-refractivity contribution >= 4 is 44.1 Å². The highest BCUT2D eigenvalue weighted by Crippen LogP contribution is 2.45. The third-order valence-corrected chi connectivity index (χ3v) is 7.10. The van der Waals surface area contributed by atoms with Crippen LogP contribution in [0.2, 0.25) is 0 Å². The molecular formula is C26H20N2O7S. The van der Waals surface area contributed by atoms with Crippen LogP contribution in [0.15, 0.2) is 58.5 Å². The summed E-state index contributed by atoms with van der Waals surface area (Å²) in [6, 6.07) is 12.7. The molecule has 6 rings (SSSR count). The molecule has 2 aliphatic rings. The van der Waals surface area contributed by atoms with Gasteiger partial charge in [-0.15, -0.1) is 0 Å². The minimum atomic E-state index is -1.01. The normalized spacial score (nSPS) is 18.7. The number of nitrogens with zero attached hydrogens (tertiary/aromatic N) is 2. The van der Waals surface area contributed by atoms with Crippen LogP contribution in [-0.4, -0.2) is 42.1 Å². The smallest absolute Gasteiger partial charge is 0.302 e. The number of methoxy groups -OCH3 is 1. The van der Waals surface area contributed by atoms with Gasteiger partial charge in [0.15, 0.2) is 16.6 Å². The molecule has 0 spiro atoms. The highest BCUT2D eigenvalue weighted by Gasteiger charge is 2.49. The number of hydrogen-bond acceptors (Lipinski definition) is 9. The van der Waals surface area contributed by atoms with E-state index < -0.39 is 17.7 Å². The first-order chi connectivity index (χ1) is 17.4. The maximum Gasteiger partial charge on any atom is 0.302 e. The second-order valence-corrected chi connectivity index (χ2v) is 9.32. The predicted octanol–water partition coefficient (Wildman–Crippen LogP) is 4.60. The van der Waals surface area contributed by atoms with Crippen LogP contribution < -0.4 is 19.1 Å². The average molecular weight is 505 g/mol. The van der Waals surface area contributed by atoms with Gasteiger partial charge in [-0.1, -0.05) is 11.3 Å². The number of aliphatic hydroxyl groups is 1. The average Bonchev–Trinajstić information content (AvgIpc) is 3.58. The fraction of sp³-hybridized carbons (Fsp3) is 0.192. The van der Waals surface area contributed by atoms with Crippen molar-refractivity contribution in [3.8, 4) is 17.2 Å². The van der Waals surface area contributed by atoms with Crippen molar-refractivity contribution in [3.63, 3.8) is 0 Å². The van der Waals surface area contributed by atoms with Crippen LogP contribution in [0.3, 0.4) is 0 Å². The number of carbonyl (C=O) groups excluding carboxylic acids is 2. The van der Waals surface area contributed by atoms with Crippen LogP contribution in [0.4, 0.5) is 5.13 Å². The predicted molar refractivity (Wildman–Crippen MR) is 132 cm³/mol. The van der Waals surface area contributed by atoms with Crippen LogP contribution in [0.5, 0.6) is 17.2 Å². The Balaban J connectivity index is 1.52. The lowest BCUT2D eigenvalue weighted by Crippen LogP contribution is -2.29. The first-order valence-corrected chi connectivity index (χ1v) is 12.0. The summed E-state index contributed by atoms with van der Waals surface area (Å²) in [5.74, 6) is 0.599. The standard InChI is InChI=1S/C26H20N2O7S/c1-13-3-7-18(35-13)22-21(23(29)14-4-8-17-19(11-14)34-10-9-33-17)24(30)25(31)28(22)26-27-16-6-5-15(32-2)12-20(16)36-26/h3-8,11-12,22,29H,9-10H2,1-2H3/b23-21+. The maximum atomic E-state index is 13.4. The molecule has 0 aliphatic carbocycles. The fourth-order valence-electron chi connectivity index (χ4n) is 4.37. The lowest BCUT2D eigenvalue weighted by molar-refractivity contribution is -0.132. The topological polar surface area (TPSA) is 111 Å². The quantitative estimate of drug-likeness (QED) is 0.244. The number of fused-ring (bicyclic) bond motifs is 2. The zero-order valence-electron chi connectivity index (χ0n) is 19.3. The summed E-state index contributed by atoms with van der Waals surface area (Å²) >= 11 is 1.24. The Bertz CT molecular complexity index is 1570. The van der Waals surface area contributed by atoms with Gasteiger partial charge in [0.05, 0.1) is 22.9 Å². The SMILES string of the molecule is COc1ccc2nc(N3C(=O)C(=O)/C(=C(/O)c4ccc5c(c4)OCCO5)C3c3ccc(C)o3)sc2c1. The van der Waals surface area contributed by atoms with Crippen molar-refractivity contribution in [2.24, 2.45) is 0 Å². The van der Waals surface area contributed by atoms with Gasteiger partial charge in [0.25, 0.3) is 5.78 Å². The number of Topliss-reactive ketones (excluding diaryl/α,β-unsaturated/α-hetero) is 1. The lowest BCUT2D eigenvalue weighted by Gasteiger charge is -2.21. The molecular weight excluding hydrogens is 484 g/mol. The molecule has 182 valence electrons. The number of amides is 1. The van der Waals surface area contributed by atoms with Gasteiger partial charge in [-0.2, -0.15) is 0 Å². The van der Waals surface area contributed by atoms with Crippen LogP contribution in [0, 0.1) is 6.92 Å². The van der Waals surface area contributed by atoms with Crippen LogP contribution in [0.1, 0.15) is 23.1 Å². The molecule has 1 unspecified atom stereocenters. The molecule has 2 aliphatic heterocycles. The van der Waals surface area contributed by atoms with E-state index in [9.17, 15) is 14.7 Å². The van der Waals surface area contributed by atoms with E-state index in [-0.39, 0.29) is 11.3 Å². The number of aryl methyl sites for hydroxylation is 1. The molecule has 1 N–H and O–H groups in total. The molecule has 1 fully saturated rings. The Hall–Kier alpha value is -4.31. The van der Waals surface area contributed by atoms with E-state index in [1.54, 1.807) is 56.5 Å². The Morgan fingerprint density at radius 1 is 1.08 bits per heavy atom. The summed E-state index contributed by atoms with van der Waals surface area (Å²) in [7, 11) is 1.57. The minimum absolute atomic E-state index is 0.0946. The first-order valence-electron chi connectivity index (χ1n) is 11.2. The third-order valence-electron chi connectivity index (χ3n) is 6.08. The second kappa shape index (κ2) is 8.42. The zero-order valence-corrected chi connectivity index (χ0v) is 20.1. The summed E-state index contributed by atoms with van der Waals surface area (Å²) in [6.45, 7) is 2.56. The molecule has 4 heterocycles. The van der Waals surface area contributed by atoms with Gasteiger partial charge < -0.3 is 23.7 Å².